The third-order valence-corrected chi connectivity index (χ3v) is 2.45. The molecule has 1 aromatic carbocycles. The molecule has 0 saturated heterocycles. The van der Waals surface area contributed by atoms with Crippen LogP contribution < -0.4 is 10.3 Å². The number of nitrogens with two attached hydrogens (primary N) is 2. The van der Waals surface area contributed by atoms with E-state index in [0.29, 0.717) is 16.1 Å². The average Bonchev–Trinajstić information content (AvgIpc) is 2.40. The van der Waals surface area contributed by atoms with Crippen molar-refractivity contribution in [3.63, 3.8) is 0 Å². The van der Waals surface area contributed by atoms with Gasteiger partial charge in [-0.25, -0.2) is 23.3 Å². The summed E-state index contributed by atoms with van der Waals surface area (Å²) in [5, 5.41) is 9.18. The summed E-state index contributed by atoms with van der Waals surface area (Å²) in [4.78, 5) is 0. The zero-order valence-corrected chi connectivity index (χ0v) is 9.82. The Kier molecular flexibility index (Phi) is 4.37. The van der Waals surface area contributed by atoms with Crippen LogP contribution in [0, 0.1) is 0 Å². The van der Waals surface area contributed by atoms with Crippen LogP contribution in [0.15, 0.2) is 18.2 Å². The van der Waals surface area contributed by atoms with E-state index in [1.807, 2.05) is 0 Å². The Hall–Kier alpha value is -0.560. The Balaban J connectivity index is 0.000000280. The van der Waals surface area contributed by atoms with Gasteiger partial charge in [0.15, 0.2) is 11.2 Å². The lowest BCUT2D eigenvalue weighted by Crippen LogP contribution is -2.14. The van der Waals surface area contributed by atoms with Crippen molar-refractivity contribution in [3.05, 3.63) is 34.3 Å². The smallest absolute Gasteiger partial charge is 0.239 e. The highest BCUT2D eigenvalue weighted by Gasteiger charge is 2.38. The van der Waals surface area contributed by atoms with E-state index in [1.54, 1.807) is 18.2 Å². The quantitative estimate of drug-likeness (QED) is 0.737. The maximum Gasteiger partial charge on any atom is 0.256 e. The molecule has 0 amide bonds. The van der Waals surface area contributed by atoms with Gasteiger partial charge in [-0.2, -0.15) is 0 Å². The second-order valence-electron chi connectivity index (χ2n) is 3.42. The average molecular weight is 269 g/mol. The van der Waals surface area contributed by atoms with Crippen LogP contribution in [-0.4, -0.2) is 10.1 Å². The normalized spacial score (nSPS) is 16.6. The first-order valence-corrected chi connectivity index (χ1v) is 6.02. The van der Waals surface area contributed by atoms with Crippen LogP contribution >= 0.6 is 11.6 Å². The van der Waals surface area contributed by atoms with E-state index in [9.17, 15) is 8.78 Å². The standard InChI is InChI=1S/C9H7ClF2.H4N2OS/c10-8-3-1-2-6-4-9(11,12)5-7(6)8;1-4(2)3/h1-3H,4-5H2;1-2H2. The summed E-state index contributed by atoms with van der Waals surface area (Å²) in [5.74, 6) is -2.59. The van der Waals surface area contributed by atoms with Crippen molar-refractivity contribution in [1.82, 2.24) is 0 Å². The molecule has 3 nitrogen and oxygen atoms in total. The Bertz CT molecular complexity index is 410. The van der Waals surface area contributed by atoms with Gasteiger partial charge in [0.2, 0.25) is 0 Å². The second-order valence-corrected chi connectivity index (χ2v) is 4.48. The number of halogens is 3. The molecule has 90 valence electrons. The molecular weight excluding hydrogens is 258 g/mol. The molecule has 0 saturated carbocycles. The molecule has 0 radical (unpaired) electrons. The van der Waals surface area contributed by atoms with Crippen molar-refractivity contribution >= 4 is 22.8 Å². The van der Waals surface area contributed by atoms with E-state index in [1.165, 1.54) is 0 Å². The molecular formula is C9H11ClF2N2OS. The van der Waals surface area contributed by atoms with Crippen LogP contribution in [0.3, 0.4) is 0 Å². The van der Waals surface area contributed by atoms with Crippen molar-refractivity contribution in [2.45, 2.75) is 18.8 Å². The fourth-order valence-electron chi connectivity index (χ4n) is 1.57. The number of benzene rings is 1. The first-order valence-electron chi connectivity index (χ1n) is 4.36. The highest BCUT2D eigenvalue weighted by Crippen LogP contribution is 2.37. The molecule has 1 aliphatic carbocycles. The van der Waals surface area contributed by atoms with E-state index < -0.39 is 17.1 Å². The van der Waals surface area contributed by atoms with Gasteiger partial charge < -0.3 is 0 Å². The number of fused-ring (bicyclic) bond motifs is 1. The van der Waals surface area contributed by atoms with Gasteiger partial charge in [-0.05, 0) is 17.2 Å². The van der Waals surface area contributed by atoms with E-state index in [-0.39, 0.29) is 12.8 Å². The number of hydrogen-bond acceptors (Lipinski definition) is 1. The third-order valence-electron chi connectivity index (χ3n) is 2.10. The van der Waals surface area contributed by atoms with Crippen LogP contribution in [0.4, 0.5) is 8.78 Å². The summed E-state index contributed by atoms with van der Waals surface area (Å²) in [7, 11) is 0. The summed E-state index contributed by atoms with van der Waals surface area (Å²) in [6.45, 7) is 0. The number of alkyl halides is 2. The van der Waals surface area contributed by atoms with Crippen LogP contribution in [0.2, 0.25) is 5.02 Å². The zero-order valence-electron chi connectivity index (χ0n) is 8.25. The molecule has 0 fully saturated rings. The lowest BCUT2D eigenvalue weighted by atomic mass is 10.1. The number of rotatable bonds is 0. The highest BCUT2D eigenvalue weighted by molar-refractivity contribution is 7.80. The SMILES string of the molecule is FC1(F)Cc2cccc(Cl)c2C1.NS(N)=O. The summed E-state index contributed by atoms with van der Waals surface area (Å²) in [6.07, 6.45) is -0.370. The Morgan fingerprint density at radius 1 is 1.31 bits per heavy atom. The van der Waals surface area contributed by atoms with Gasteiger partial charge >= 0.3 is 0 Å². The van der Waals surface area contributed by atoms with Gasteiger partial charge in [0.05, 0.1) is 0 Å². The minimum atomic E-state index is -2.59. The van der Waals surface area contributed by atoms with Gasteiger partial charge in [0.1, 0.15) is 0 Å². The van der Waals surface area contributed by atoms with E-state index in [4.69, 9.17) is 15.8 Å². The van der Waals surface area contributed by atoms with Gasteiger partial charge in [-0.15, -0.1) is 0 Å². The number of hydrogen-bond donors (Lipinski definition) is 2. The Labute approximate surface area is 99.5 Å². The van der Waals surface area contributed by atoms with Crippen LogP contribution in [0.1, 0.15) is 11.1 Å². The van der Waals surface area contributed by atoms with Crippen LogP contribution in [-0.2, 0) is 24.0 Å². The molecule has 2 rings (SSSR count). The third kappa shape index (κ3) is 3.79. The van der Waals surface area contributed by atoms with Gasteiger partial charge in [0, 0.05) is 17.9 Å². The van der Waals surface area contributed by atoms with E-state index in [2.05, 4.69) is 10.3 Å². The molecule has 0 unspecified atom stereocenters. The van der Waals surface area contributed by atoms with Crippen molar-refractivity contribution < 1.29 is 13.0 Å². The highest BCUT2D eigenvalue weighted by atomic mass is 35.5. The van der Waals surface area contributed by atoms with Gasteiger partial charge in [-0.3, -0.25) is 0 Å². The van der Waals surface area contributed by atoms with Crippen molar-refractivity contribution in [3.8, 4) is 0 Å². The van der Waals surface area contributed by atoms with Crippen molar-refractivity contribution in [1.29, 1.82) is 0 Å². The monoisotopic (exact) mass is 268 g/mol. The maximum absolute atomic E-state index is 12.9. The second kappa shape index (κ2) is 5.18. The first-order chi connectivity index (χ1) is 7.32. The summed E-state index contributed by atoms with van der Waals surface area (Å²) in [5.41, 5.74) is 1.30. The predicted octanol–water partition coefficient (Wildman–Crippen LogP) is 1.56. The van der Waals surface area contributed by atoms with Gasteiger partial charge in [-0.1, -0.05) is 23.7 Å². The molecule has 0 heterocycles. The zero-order chi connectivity index (χ0) is 12.3. The molecule has 1 aliphatic rings. The molecule has 16 heavy (non-hydrogen) atoms. The predicted molar refractivity (Wildman–Crippen MR) is 60.3 cm³/mol. The topological polar surface area (TPSA) is 69.1 Å². The molecule has 4 N–H and O–H groups in total. The fourth-order valence-corrected chi connectivity index (χ4v) is 1.83. The molecule has 7 heteroatoms. The minimum absolute atomic E-state index is 0.164. The maximum atomic E-state index is 12.9. The van der Waals surface area contributed by atoms with Gasteiger partial charge in [0.25, 0.3) is 5.92 Å². The van der Waals surface area contributed by atoms with E-state index >= 15 is 0 Å². The first kappa shape index (κ1) is 13.5. The van der Waals surface area contributed by atoms with Crippen LogP contribution in [0.25, 0.3) is 0 Å². The van der Waals surface area contributed by atoms with Crippen LogP contribution in [0.5, 0.6) is 0 Å². The summed E-state index contributed by atoms with van der Waals surface area (Å²) < 4.78 is 34.8. The Morgan fingerprint density at radius 3 is 2.38 bits per heavy atom. The summed E-state index contributed by atoms with van der Waals surface area (Å²) in [6, 6.07) is 5.08. The minimum Gasteiger partial charge on any atom is -0.239 e. The Morgan fingerprint density at radius 2 is 1.88 bits per heavy atom. The molecule has 0 bridgehead atoms. The molecule has 0 aromatic heterocycles. The van der Waals surface area contributed by atoms with Crippen molar-refractivity contribution in [2.24, 2.45) is 10.3 Å². The molecule has 0 spiro atoms. The molecule has 0 aliphatic heterocycles. The largest absolute Gasteiger partial charge is 0.256 e. The van der Waals surface area contributed by atoms with Crippen molar-refractivity contribution in [2.75, 3.05) is 0 Å². The molecule has 1 aromatic rings. The van der Waals surface area contributed by atoms with E-state index in [0.717, 1.165) is 0 Å². The fraction of sp³-hybridized carbons (Fsp3) is 0.333. The lowest BCUT2D eigenvalue weighted by Gasteiger charge is -2.04. The molecule has 0 atom stereocenters. The lowest BCUT2D eigenvalue weighted by molar-refractivity contribution is 0.0130. The summed E-state index contributed by atoms with van der Waals surface area (Å²) >= 11 is 4.15.